The summed E-state index contributed by atoms with van der Waals surface area (Å²) in [6.07, 6.45) is 4.49. The van der Waals surface area contributed by atoms with E-state index in [2.05, 4.69) is 10.3 Å². The Kier molecular flexibility index (Phi) is 5.72. The van der Waals surface area contributed by atoms with Gasteiger partial charge in [-0.1, -0.05) is 17.4 Å². The number of pyridine rings is 1. The summed E-state index contributed by atoms with van der Waals surface area (Å²) in [5.74, 6) is -0.165. The summed E-state index contributed by atoms with van der Waals surface area (Å²) in [6, 6.07) is 7.10. The SMILES string of the molecule is O=C(c1csc([N+](=O)[O-])c1)N(Cc1ccccn1)C1CCCNCC1. The van der Waals surface area contributed by atoms with Crippen LogP contribution in [-0.2, 0) is 6.54 Å². The molecule has 1 aliphatic rings. The summed E-state index contributed by atoms with van der Waals surface area (Å²) < 4.78 is 0. The lowest BCUT2D eigenvalue weighted by atomic mass is 10.1. The number of hydrogen-bond donors (Lipinski definition) is 1. The van der Waals surface area contributed by atoms with Crippen molar-refractivity contribution in [3.05, 3.63) is 57.2 Å². The van der Waals surface area contributed by atoms with Gasteiger partial charge >= 0.3 is 5.00 Å². The standard InChI is InChI=1S/C17H20N4O3S/c22-17(13-10-16(21(23)24)25-12-13)20(11-14-4-1-2-8-19-14)15-5-3-7-18-9-6-15/h1-2,4,8,10,12,15,18H,3,5-7,9,11H2. The highest BCUT2D eigenvalue weighted by atomic mass is 32.1. The van der Waals surface area contributed by atoms with E-state index in [4.69, 9.17) is 0 Å². The predicted octanol–water partition coefficient (Wildman–Crippen LogP) is 2.84. The van der Waals surface area contributed by atoms with Gasteiger partial charge in [0.15, 0.2) is 0 Å². The molecule has 0 bridgehead atoms. The molecule has 132 valence electrons. The largest absolute Gasteiger partial charge is 0.330 e. The van der Waals surface area contributed by atoms with Crippen molar-refractivity contribution in [1.82, 2.24) is 15.2 Å². The van der Waals surface area contributed by atoms with E-state index < -0.39 is 4.92 Å². The number of thiophene rings is 1. The van der Waals surface area contributed by atoms with Gasteiger partial charge in [0.2, 0.25) is 0 Å². The third-order valence-electron chi connectivity index (χ3n) is 4.32. The molecule has 0 spiro atoms. The molecule has 1 atom stereocenters. The van der Waals surface area contributed by atoms with Gasteiger partial charge in [0.05, 0.1) is 22.7 Å². The Hall–Kier alpha value is -2.32. The van der Waals surface area contributed by atoms with Crippen molar-refractivity contribution in [2.24, 2.45) is 0 Å². The van der Waals surface area contributed by atoms with Gasteiger partial charge in [-0.3, -0.25) is 19.9 Å². The van der Waals surface area contributed by atoms with Crippen LogP contribution < -0.4 is 5.32 Å². The quantitative estimate of drug-likeness (QED) is 0.654. The van der Waals surface area contributed by atoms with Crippen molar-refractivity contribution < 1.29 is 9.72 Å². The zero-order valence-electron chi connectivity index (χ0n) is 13.8. The second kappa shape index (κ2) is 8.17. The van der Waals surface area contributed by atoms with Crippen LogP contribution >= 0.6 is 11.3 Å². The first kappa shape index (κ1) is 17.5. The Morgan fingerprint density at radius 3 is 3.00 bits per heavy atom. The van der Waals surface area contributed by atoms with Crippen LogP contribution in [0.25, 0.3) is 0 Å². The molecule has 1 N–H and O–H groups in total. The number of nitrogens with one attached hydrogen (secondary N) is 1. The molecule has 3 rings (SSSR count). The van der Waals surface area contributed by atoms with Gasteiger partial charge < -0.3 is 10.2 Å². The molecule has 2 aromatic rings. The molecule has 0 radical (unpaired) electrons. The number of aromatic nitrogens is 1. The first-order valence-electron chi connectivity index (χ1n) is 8.29. The van der Waals surface area contributed by atoms with Crippen LogP contribution in [0.1, 0.15) is 35.3 Å². The van der Waals surface area contributed by atoms with E-state index in [9.17, 15) is 14.9 Å². The van der Waals surface area contributed by atoms with Crippen molar-refractivity contribution in [2.45, 2.75) is 31.8 Å². The van der Waals surface area contributed by atoms with Crippen LogP contribution in [0, 0.1) is 10.1 Å². The van der Waals surface area contributed by atoms with E-state index in [1.54, 1.807) is 11.6 Å². The number of carbonyl (C=O) groups excluding carboxylic acids is 1. The molecule has 1 saturated heterocycles. The fourth-order valence-electron chi connectivity index (χ4n) is 3.04. The Balaban J connectivity index is 1.85. The summed E-state index contributed by atoms with van der Waals surface area (Å²) >= 11 is 0.986. The van der Waals surface area contributed by atoms with Crippen molar-refractivity contribution in [3.8, 4) is 0 Å². The van der Waals surface area contributed by atoms with Crippen LogP contribution in [0.5, 0.6) is 0 Å². The number of amides is 1. The third kappa shape index (κ3) is 4.40. The van der Waals surface area contributed by atoms with Gasteiger partial charge in [-0.15, -0.1) is 0 Å². The molecule has 25 heavy (non-hydrogen) atoms. The highest BCUT2D eigenvalue weighted by Crippen LogP contribution is 2.26. The topological polar surface area (TPSA) is 88.4 Å². The minimum Gasteiger partial charge on any atom is -0.330 e. The van der Waals surface area contributed by atoms with Gasteiger partial charge in [-0.05, 0) is 44.5 Å². The summed E-state index contributed by atoms with van der Waals surface area (Å²) in [5.41, 5.74) is 1.20. The van der Waals surface area contributed by atoms with Gasteiger partial charge in [-0.2, -0.15) is 0 Å². The summed E-state index contributed by atoms with van der Waals surface area (Å²) in [7, 11) is 0. The van der Waals surface area contributed by atoms with E-state index in [1.807, 2.05) is 23.1 Å². The molecule has 0 saturated carbocycles. The van der Waals surface area contributed by atoms with Gasteiger partial charge in [0, 0.05) is 23.7 Å². The zero-order chi connectivity index (χ0) is 17.6. The predicted molar refractivity (Wildman–Crippen MR) is 95.6 cm³/mol. The van der Waals surface area contributed by atoms with E-state index in [0.717, 1.165) is 49.4 Å². The average Bonchev–Trinajstić information content (AvgIpc) is 2.97. The monoisotopic (exact) mass is 360 g/mol. The molecule has 2 aromatic heterocycles. The minimum absolute atomic E-state index is 0.0105. The maximum Gasteiger partial charge on any atom is 0.324 e. The van der Waals surface area contributed by atoms with E-state index in [0.29, 0.717) is 12.1 Å². The molecule has 0 aromatic carbocycles. The fraction of sp³-hybridized carbons (Fsp3) is 0.412. The number of hydrogen-bond acceptors (Lipinski definition) is 6. The normalized spacial score (nSPS) is 17.7. The maximum atomic E-state index is 13.1. The van der Waals surface area contributed by atoms with Crippen molar-refractivity contribution >= 4 is 22.2 Å². The molecular weight excluding hydrogens is 340 g/mol. The Morgan fingerprint density at radius 2 is 2.28 bits per heavy atom. The number of carbonyl (C=O) groups is 1. The minimum atomic E-state index is -0.458. The van der Waals surface area contributed by atoms with E-state index in [1.165, 1.54) is 6.07 Å². The molecule has 1 unspecified atom stereocenters. The maximum absolute atomic E-state index is 13.1. The molecule has 7 nitrogen and oxygen atoms in total. The molecule has 1 aliphatic heterocycles. The van der Waals surface area contributed by atoms with Crippen molar-refractivity contribution in [1.29, 1.82) is 0 Å². The first-order chi connectivity index (χ1) is 12.1. The zero-order valence-corrected chi connectivity index (χ0v) is 14.6. The second-order valence-electron chi connectivity index (χ2n) is 6.02. The van der Waals surface area contributed by atoms with Crippen LogP contribution in [0.4, 0.5) is 5.00 Å². The Labute approximate surface area is 149 Å². The van der Waals surface area contributed by atoms with Crippen LogP contribution in [0.3, 0.4) is 0 Å². The smallest absolute Gasteiger partial charge is 0.324 e. The third-order valence-corrected chi connectivity index (χ3v) is 5.20. The van der Waals surface area contributed by atoms with Crippen molar-refractivity contribution in [3.63, 3.8) is 0 Å². The lowest BCUT2D eigenvalue weighted by Gasteiger charge is -2.30. The average molecular weight is 360 g/mol. The summed E-state index contributed by atoms with van der Waals surface area (Å²) in [5, 5.41) is 15.8. The second-order valence-corrected chi connectivity index (χ2v) is 6.91. The van der Waals surface area contributed by atoms with Crippen LogP contribution in [0.15, 0.2) is 35.8 Å². The Bertz CT molecular complexity index is 727. The van der Waals surface area contributed by atoms with Gasteiger partial charge in [0.25, 0.3) is 5.91 Å². The highest BCUT2D eigenvalue weighted by molar-refractivity contribution is 7.13. The number of rotatable bonds is 5. The fourth-order valence-corrected chi connectivity index (χ4v) is 3.74. The summed E-state index contributed by atoms with van der Waals surface area (Å²) in [6.45, 7) is 2.22. The van der Waals surface area contributed by atoms with E-state index >= 15 is 0 Å². The van der Waals surface area contributed by atoms with Gasteiger partial charge in [0.1, 0.15) is 0 Å². The lowest BCUT2D eigenvalue weighted by Crippen LogP contribution is -2.40. The molecule has 1 fully saturated rings. The van der Waals surface area contributed by atoms with E-state index in [-0.39, 0.29) is 17.0 Å². The molecular formula is C17H20N4O3S. The Morgan fingerprint density at radius 1 is 1.40 bits per heavy atom. The summed E-state index contributed by atoms with van der Waals surface area (Å²) in [4.78, 5) is 29.7. The first-order valence-corrected chi connectivity index (χ1v) is 9.17. The number of nitrogens with zero attached hydrogens (tertiary/aromatic N) is 3. The number of nitro groups is 1. The molecule has 0 aliphatic carbocycles. The van der Waals surface area contributed by atoms with Gasteiger partial charge in [-0.25, -0.2) is 0 Å². The lowest BCUT2D eigenvalue weighted by molar-refractivity contribution is -0.380. The highest BCUT2D eigenvalue weighted by Gasteiger charge is 2.27. The van der Waals surface area contributed by atoms with Crippen molar-refractivity contribution in [2.75, 3.05) is 13.1 Å². The molecule has 3 heterocycles. The molecule has 8 heteroatoms. The van der Waals surface area contributed by atoms with Crippen LogP contribution in [0.2, 0.25) is 0 Å². The molecule has 1 amide bonds. The van der Waals surface area contributed by atoms with Crippen LogP contribution in [-0.4, -0.2) is 39.8 Å².